The van der Waals surface area contributed by atoms with Gasteiger partial charge < -0.3 is 15.4 Å². The molecule has 1 heterocycles. The lowest BCUT2D eigenvalue weighted by molar-refractivity contribution is -0.121. The lowest BCUT2D eigenvalue weighted by Gasteiger charge is -2.21. The minimum absolute atomic E-state index is 0.0930. The van der Waals surface area contributed by atoms with Crippen LogP contribution < -0.4 is 10.6 Å². The third kappa shape index (κ3) is 7.70. The fourth-order valence-corrected chi connectivity index (χ4v) is 2.51. The molecule has 118 valence electrons. The lowest BCUT2D eigenvalue weighted by atomic mass is 10.2. The van der Waals surface area contributed by atoms with E-state index in [1.54, 1.807) is 39.0 Å². The number of hydrogen-bond acceptors (Lipinski definition) is 4. The van der Waals surface area contributed by atoms with Gasteiger partial charge in [-0.2, -0.15) is 0 Å². The molecule has 1 rings (SSSR count). The third-order valence-electron chi connectivity index (χ3n) is 2.51. The molecular formula is C15H24N2O3S. The van der Waals surface area contributed by atoms with E-state index in [1.165, 1.54) is 4.88 Å². The van der Waals surface area contributed by atoms with Crippen LogP contribution in [0.2, 0.25) is 0 Å². The van der Waals surface area contributed by atoms with Gasteiger partial charge in [0.1, 0.15) is 5.60 Å². The van der Waals surface area contributed by atoms with Crippen molar-refractivity contribution in [3.8, 4) is 0 Å². The number of carbonyl (C=O) groups excluding carboxylic acids is 2. The van der Waals surface area contributed by atoms with Crippen molar-refractivity contribution < 1.29 is 14.3 Å². The maximum Gasteiger partial charge on any atom is 0.407 e. The molecule has 2 N–H and O–H groups in total. The summed E-state index contributed by atoms with van der Waals surface area (Å²) in [5.41, 5.74) is -0.539. The first-order chi connectivity index (χ1) is 9.65. The summed E-state index contributed by atoms with van der Waals surface area (Å²) < 4.78 is 5.14. The Morgan fingerprint density at radius 1 is 1.33 bits per heavy atom. The third-order valence-corrected chi connectivity index (χ3v) is 3.51. The van der Waals surface area contributed by atoms with Gasteiger partial charge in [-0.1, -0.05) is 0 Å². The molecule has 0 saturated carbocycles. The maximum absolute atomic E-state index is 11.8. The predicted octanol–water partition coefficient (Wildman–Crippen LogP) is 2.98. The van der Waals surface area contributed by atoms with Gasteiger partial charge in [-0.05, 0) is 46.8 Å². The molecule has 6 heteroatoms. The van der Waals surface area contributed by atoms with Crippen molar-refractivity contribution in [2.24, 2.45) is 0 Å². The SMILES string of the molecule is Cc1ccc(CNC(=O)C[C@H](C)NC(=O)OC(C)(C)C)s1. The fourth-order valence-electron chi connectivity index (χ4n) is 1.68. The molecule has 0 aromatic carbocycles. The number of carbonyl (C=O) groups is 2. The molecule has 0 radical (unpaired) electrons. The van der Waals surface area contributed by atoms with Crippen molar-refractivity contribution in [2.45, 2.75) is 59.2 Å². The van der Waals surface area contributed by atoms with Crippen LogP contribution >= 0.6 is 11.3 Å². The van der Waals surface area contributed by atoms with E-state index in [0.717, 1.165) is 4.88 Å². The normalized spacial score (nSPS) is 12.6. The highest BCUT2D eigenvalue weighted by atomic mass is 32.1. The standard InChI is InChI=1S/C15H24N2O3S/c1-10(17-14(19)20-15(3,4)5)8-13(18)16-9-12-7-6-11(2)21-12/h6-7,10H,8-9H2,1-5H3,(H,16,18)(H,17,19)/t10-/m0/s1. The van der Waals surface area contributed by atoms with Crippen molar-refractivity contribution >= 4 is 23.3 Å². The summed E-state index contributed by atoms with van der Waals surface area (Å²) in [7, 11) is 0. The smallest absolute Gasteiger partial charge is 0.407 e. The first-order valence-corrected chi connectivity index (χ1v) is 7.79. The van der Waals surface area contributed by atoms with E-state index in [2.05, 4.69) is 10.6 Å². The van der Waals surface area contributed by atoms with Gasteiger partial charge in [0.25, 0.3) is 0 Å². The largest absolute Gasteiger partial charge is 0.444 e. The first-order valence-electron chi connectivity index (χ1n) is 6.97. The highest BCUT2D eigenvalue weighted by molar-refractivity contribution is 7.11. The number of nitrogens with one attached hydrogen (secondary N) is 2. The van der Waals surface area contributed by atoms with Crippen molar-refractivity contribution in [3.05, 3.63) is 21.9 Å². The summed E-state index contributed by atoms with van der Waals surface area (Å²) in [6, 6.07) is 3.76. The Morgan fingerprint density at radius 3 is 2.52 bits per heavy atom. The van der Waals surface area contributed by atoms with E-state index in [-0.39, 0.29) is 18.4 Å². The summed E-state index contributed by atoms with van der Waals surface area (Å²) in [4.78, 5) is 25.7. The fraction of sp³-hybridized carbons (Fsp3) is 0.600. The minimum atomic E-state index is -0.539. The summed E-state index contributed by atoms with van der Waals surface area (Å²) >= 11 is 1.66. The highest BCUT2D eigenvalue weighted by Crippen LogP contribution is 2.14. The molecule has 0 saturated heterocycles. The molecule has 0 aliphatic rings. The number of ether oxygens (including phenoxy) is 1. The van der Waals surface area contributed by atoms with Crippen molar-refractivity contribution in [1.29, 1.82) is 0 Å². The molecule has 1 aromatic rings. The Balaban J connectivity index is 2.28. The second-order valence-electron chi connectivity index (χ2n) is 6.04. The van der Waals surface area contributed by atoms with Gasteiger partial charge in [0.2, 0.25) is 5.91 Å². The second kappa shape index (κ2) is 7.45. The number of alkyl carbamates (subject to hydrolysis) is 1. The Kier molecular flexibility index (Phi) is 6.20. The Labute approximate surface area is 130 Å². The highest BCUT2D eigenvalue weighted by Gasteiger charge is 2.18. The van der Waals surface area contributed by atoms with Gasteiger partial charge >= 0.3 is 6.09 Å². The van der Waals surface area contributed by atoms with Gasteiger partial charge in [-0.3, -0.25) is 4.79 Å². The van der Waals surface area contributed by atoms with Crippen molar-refractivity contribution in [2.75, 3.05) is 0 Å². The van der Waals surface area contributed by atoms with Crippen LogP contribution in [0.4, 0.5) is 4.79 Å². The van der Waals surface area contributed by atoms with Gasteiger partial charge in [-0.15, -0.1) is 11.3 Å². The Bertz CT molecular complexity index is 491. The molecule has 21 heavy (non-hydrogen) atoms. The molecule has 0 bridgehead atoms. The van der Waals surface area contributed by atoms with E-state index < -0.39 is 11.7 Å². The van der Waals surface area contributed by atoms with Gasteiger partial charge in [0.05, 0.1) is 6.54 Å². The maximum atomic E-state index is 11.8. The lowest BCUT2D eigenvalue weighted by Crippen LogP contribution is -2.40. The van der Waals surface area contributed by atoms with Crippen LogP contribution in [0, 0.1) is 6.92 Å². The van der Waals surface area contributed by atoms with E-state index in [0.29, 0.717) is 6.54 Å². The zero-order valence-corrected chi connectivity index (χ0v) is 14.1. The summed E-state index contributed by atoms with van der Waals surface area (Å²) in [5.74, 6) is -0.0930. The monoisotopic (exact) mass is 312 g/mol. The van der Waals surface area contributed by atoms with Crippen LogP contribution in [0.3, 0.4) is 0 Å². The summed E-state index contributed by atoms with van der Waals surface area (Å²) in [6.45, 7) is 9.73. The Morgan fingerprint density at radius 2 is 2.00 bits per heavy atom. The molecule has 0 fully saturated rings. The van der Waals surface area contributed by atoms with Gasteiger partial charge in [0.15, 0.2) is 0 Å². The molecule has 1 atom stereocenters. The van der Waals surface area contributed by atoms with Gasteiger partial charge in [-0.25, -0.2) is 4.79 Å². The molecule has 0 spiro atoms. The van der Waals surface area contributed by atoms with E-state index in [9.17, 15) is 9.59 Å². The summed E-state index contributed by atoms with van der Waals surface area (Å²) in [6.07, 6.45) is -0.277. The number of rotatable bonds is 5. The van der Waals surface area contributed by atoms with Crippen LogP contribution in [-0.2, 0) is 16.1 Å². The van der Waals surface area contributed by atoms with E-state index in [4.69, 9.17) is 4.74 Å². The van der Waals surface area contributed by atoms with Crippen LogP contribution in [0.1, 0.15) is 43.9 Å². The van der Waals surface area contributed by atoms with E-state index >= 15 is 0 Å². The minimum Gasteiger partial charge on any atom is -0.444 e. The molecule has 0 unspecified atom stereocenters. The second-order valence-corrected chi connectivity index (χ2v) is 7.41. The quantitative estimate of drug-likeness (QED) is 0.878. The van der Waals surface area contributed by atoms with Crippen molar-refractivity contribution in [1.82, 2.24) is 10.6 Å². The number of aryl methyl sites for hydroxylation is 1. The molecular weight excluding hydrogens is 288 g/mol. The van der Waals surface area contributed by atoms with E-state index in [1.807, 2.05) is 19.1 Å². The Hall–Kier alpha value is -1.56. The average molecular weight is 312 g/mol. The molecule has 0 aliphatic carbocycles. The summed E-state index contributed by atoms with van der Waals surface area (Å²) in [5, 5.41) is 5.49. The number of hydrogen-bond donors (Lipinski definition) is 2. The predicted molar refractivity (Wildman–Crippen MR) is 84.4 cm³/mol. The number of thiophene rings is 1. The average Bonchev–Trinajstić information content (AvgIpc) is 2.69. The van der Waals surface area contributed by atoms with Crippen LogP contribution in [0.15, 0.2) is 12.1 Å². The van der Waals surface area contributed by atoms with Crippen LogP contribution in [0.25, 0.3) is 0 Å². The molecule has 0 aliphatic heterocycles. The molecule has 1 aromatic heterocycles. The van der Waals surface area contributed by atoms with Crippen LogP contribution in [-0.4, -0.2) is 23.6 Å². The molecule has 5 nitrogen and oxygen atoms in total. The number of amides is 2. The van der Waals surface area contributed by atoms with Crippen molar-refractivity contribution in [3.63, 3.8) is 0 Å². The van der Waals surface area contributed by atoms with Gasteiger partial charge in [0, 0.05) is 22.2 Å². The zero-order valence-electron chi connectivity index (χ0n) is 13.3. The zero-order chi connectivity index (χ0) is 16.0. The first kappa shape index (κ1) is 17.5. The van der Waals surface area contributed by atoms with Crippen LogP contribution in [0.5, 0.6) is 0 Å². The topological polar surface area (TPSA) is 67.4 Å². The molecule has 2 amide bonds.